The van der Waals surface area contributed by atoms with Gasteiger partial charge in [-0.05, 0) is 36.4 Å². The lowest BCUT2D eigenvalue weighted by atomic mass is 10.0. The summed E-state index contributed by atoms with van der Waals surface area (Å²) in [7, 11) is 0. The maximum Gasteiger partial charge on any atom is 0.160 e. The summed E-state index contributed by atoms with van der Waals surface area (Å²) in [4.78, 5) is 10.1. The highest BCUT2D eigenvalue weighted by atomic mass is 32.1. The SMILES string of the molecule is c1ccc(-c2cc(-c3ccc(-n4c5ccccc5c5c6c7ccccc7sc6c6sc7ccccc7c6c54)cc3)nc(-c3ccccc3)n2)cc1. The van der Waals surface area contributed by atoms with Gasteiger partial charge in [0.25, 0.3) is 0 Å². The highest BCUT2D eigenvalue weighted by Gasteiger charge is 2.24. The molecule has 0 aliphatic heterocycles. The lowest BCUT2D eigenvalue weighted by molar-refractivity contribution is 1.17. The van der Waals surface area contributed by atoms with Crippen LogP contribution in [0.15, 0.2) is 164 Å². The predicted molar refractivity (Wildman–Crippen MR) is 218 cm³/mol. The van der Waals surface area contributed by atoms with Crippen LogP contribution < -0.4 is 0 Å². The quantitative estimate of drug-likeness (QED) is 0.185. The molecule has 3 nitrogen and oxygen atoms in total. The first-order valence-corrected chi connectivity index (χ1v) is 18.7. The van der Waals surface area contributed by atoms with E-state index in [0.29, 0.717) is 0 Å². The Balaban J connectivity index is 1.18. The highest BCUT2D eigenvalue weighted by Crippen LogP contribution is 2.52. The largest absolute Gasteiger partial charge is 0.309 e. The Bertz CT molecular complexity index is 3060. The normalized spacial score (nSPS) is 11.9. The van der Waals surface area contributed by atoms with Crippen molar-refractivity contribution in [2.45, 2.75) is 0 Å². The zero-order valence-corrected chi connectivity index (χ0v) is 28.9. The molecule has 4 aromatic heterocycles. The zero-order valence-electron chi connectivity index (χ0n) is 27.2. The van der Waals surface area contributed by atoms with Gasteiger partial charge in [0.15, 0.2) is 5.82 Å². The van der Waals surface area contributed by atoms with E-state index in [2.05, 4.69) is 144 Å². The van der Waals surface area contributed by atoms with Gasteiger partial charge >= 0.3 is 0 Å². The van der Waals surface area contributed by atoms with Crippen molar-refractivity contribution < 1.29 is 0 Å². The van der Waals surface area contributed by atoms with Gasteiger partial charge in [0.05, 0.1) is 31.8 Å². The Morgan fingerprint density at radius 1 is 0.412 bits per heavy atom. The van der Waals surface area contributed by atoms with Crippen LogP contribution in [0, 0.1) is 0 Å². The fourth-order valence-electron chi connectivity index (χ4n) is 7.74. The maximum absolute atomic E-state index is 5.10. The van der Waals surface area contributed by atoms with Gasteiger partial charge in [0.1, 0.15) is 0 Å². The Kier molecular flexibility index (Phi) is 6.29. The molecule has 0 radical (unpaired) electrons. The Morgan fingerprint density at radius 2 is 0.922 bits per heavy atom. The van der Waals surface area contributed by atoms with Gasteiger partial charge in [-0.2, -0.15) is 0 Å². The summed E-state index contributed by atoms with van der Waals surface area (Å²) in [5.41, 5.74) is 8.53. The van der Waals surface area contributed by atoms with E-state index >= 15 is 0 Å². The molecule has 0 aliphatic rings. The summed E-state index contributed by atoms with van der Waals surface area (Å²) in [6.07, 6.45) is 0. The summed E-state index contributed by atoms with van der Waals surface area (Å²) < 4.78 is 7.88. The minimum absolute atomic E-state index is 0.720. The van der Waals surface area contributed by atoms with Gasteiger partial charge in [-0.3, -0.25) is 0 Å². The van der Waals surface area contributed by atoms with Crippen LogP contribution in [0.1, 0.15) is 0 Å². The third-order valence-corrected chi connectivity index (χ3v) is 12.5. The van der Waals surface area contributed by atoms with Crippen molar-refractivity contribution in [1.82, 2.24) is 14.5 Å². The number of fused-ring (bicyclic) bond motifs is 12. The molecular weight excluding hydrogens is 659 g/mol. The number of hydrogen-bond acceptors (Lipinski definition) is 4. The van der Waals surface area contributed by atoms with Crippen molar-refractivity contribution in [3.8, 4) is 39.6 Å². The van der Waals surface area contributed by atoms with E-state index in [1.165, 1.54) is 62.2 Å². The van der Waals surface area contributed by atoms with Gasteiger partial charge < -0.3 is 4.57 Å². The average Bonchev–Trinajstić information content (AvgIpc) is 3.88. The number of hydrogen-bond donors (Lipinski definition) is 0. The summed E-state index contributed by atoms with van der Waals surface area (Å²) in [5, 5.41) is 7.93. The van der Waals surface area contributed by atoms with Crippen molar-refractivity contribution in [2.24, 2.45) is 0 Å². The Labute approximate surface area is 301 Å². The number of nitrogens with zero attached hydrogens (tertiary/aromatic N) is 3. The highest BCUT2D eigenvalue weighted by molar-refractivity contribution is 7.33. The Hall–Kier alpha value is -6.14. The minimum Gasteiger partial charge on any atom is -0.309 e. The minimum atomic E-state index is 0.720. The lowest BCUT2D eigenvalue weighted by Gasteiger charge is -2.12. The van der Waals surface area contributed by atoms with E-state index in [4.69, 9.17) is 9.97 Å². The molecule has 238 valence electrons. The second-order valence-corrected chi connectivity index (χ2v) is 15.0. The van der Waals surface area contributed by atoms with E-state index in [9.17, 15) is 0 Å². The average molecular weight is 686 g/mol. The summed E-state index contributed by atoms with van der Waals surface area (Å²) in [6.45, 7) is 0. The van der Waals surface area contributed by atoms with Crippen molar-refractivity contribution in [2.75, 3.05) is 0 Å². The first-order valence-electron chi connectivity index (χ1n) is 17.1. The molecule has 0 aliphatic carbocycles. The molecule has 51 heavy (non-hydrogen) atoms. The molecule has 0 saturated carbocycles. The van der Waals surface area contributed by atoms with Crippen LogP contribution >= 0.6 is 22.7 Å². The molecule has 0 bridgehead atoms. The first kappa shape index (κ1) is 28.7. The molecule has 0 saturated heterocycles. The van der Waals surface area contributed by atoms with Crippen molar-refractivity contribution in [3.63, 3.8) is 0 Å². The van der Waals surface area contributed by atoms with Crippen LogP contribution in [-0.2, 0) is 0 Å². The molecule has 11 rings (SSSR count). The van der Waals surface area contributed by atoms with Gasteiger partial charge in [0, 0.05) is 64.1 Å². The van der Waals surface area contributed by atoms with E-state index < -0.39 is 0 Å². The molecule has 4 heterocycles. The fourth-order valence-corrected chi connectivity index (χ4v) is 10.3. The second kappa shape index (κ2) is 11.2. The monoisotopic (exact) mass is 685 g/mol. The third kappa shape index (κ3) is 4.35. The number of thiophene rings is 2. The maximum atomic E-state index is 5.10. The number of aromatic nitrogens is 3. The smallest absolute Gasteiger partial charge is 0.160 e. The molecule has 7 aromatic carbocycles. The molecule has 0 atom stereocenters. The first-order chi connectivity index (χ1) is 25.3. The van der Waals surface area contributed by atoms with Crippen LogP contribution in [0.4, 0.5) is 0 Å². The van der Waals surface area contributed by atoms with E-state index in [1.807, 2.05) is 46.9 Å². The summed E-state index contributed by atoms with van der Waals surface area (Å²) in [6, 6.07) is 58.3. The van der Waals surface area contributed by atoms with Crippen LogP contribution in [0.25, 0.3) is 102 Å². The molecule has 0 N–H and O–H groups in total. The fraction of sp³-hybridized carbons (Fsp3) is 0. The predicted octanol–water partition coefficient (Wildman–Crippen LogP) is 13.3. The third-order valence-electron chi connectivity index (χ3n) is 10.0. The van der Waals surface area contributed by atoms with E-state index in [1.54, 1.807) is 0 Å². The van der Waals surface area contributed by atoms with Crippen molar-refractivity contribution >= 4 is 84.8 Å². The molecule has 5 heteroatoms. The van der Waals surface area contributed by atoms with Crippen LogP contribution in [0.2, 0.25) is 0 Å². The van der Waals surface area contributed by atoms with E-state index in [0.717, 1.165) is 39.6 Å². The molecule has 0 amide bonds. The van der Waals surface area contributed by atoms with Gasteiger partial charge in [-0.15, -0.1) is 22.7 Å². The molecule has 11 aromatic rings. The van der Waals surface area contributed by atoms with Gasteiger partial charge in [-0.1, -0.05) is 127 Å². The van der Waals surface area contributed by atoms with Crippen molar-refractivity contribution in [3.05, 3.63) is 164 Å². The van der Waals surface area contributed by atoms with Crippen molar-refractivity contribution in [1.29, 1.82) is 0 Å². The van der Waals surface area contributed by atoms with E-state index in [-0.39, 0.29) is 0 Å². The standard InChI is InChI=1S/C46H27N3S2/c1-3-13-28(14-4-1)35-27-36(48-46(47-35)30-15-5-2-6-16-30)29-23-25-31(26-24-29)49-37-20-10-7-17-32(37)40-41-33-18-8-11-21-38(33)50-44(41)45-42(43(40)49)34-19-9-12-22-39(34)51-45/h1-27H. The molecule has 0 fully saturated rings. The van der Waals surface area contributed by atoms with Crippen LogP contribution in [0.5, 0.6) is 0 Å². The van der Waals surface area contributed by atoms with Crippen LogP contribution in [0.3, 0.4) is 0 Å². The topological polar surface area (TPSA) is 30.7 Å². The zero-order chi connectivity index (χ0) is 33.5. The van der Waals surface area contributed by atoms with Gasteiger partial charge in [-0.25, -0.2) is 9.97 Å². The lowest BCUT2D eigenvalue weighted by Crippen LogP contribution is -1.97. The molecule has 0 spiro atoms. The second-order valence-electron chi connectivity index (χ2n) is 12.9. The Morgan fingerprint density at radius 3 is 1.59 bits per heavy atom. The number of benzene rings is 7. The van der Waals surface area contributed by atoms with Crippen LogP contribution in [-0.4, -0.2) is 14.5 Å². The molecule has 0 unspecified atom stereocenters. The number of para-hydroxylation sites is 1. The summed E-state index contributed by atoms with van der Waals surface area (Å²) in [5.74, 6) is 0.720. The molecular formula is C46H27N3S2. The number of rotatable bonds is 4. The summed E-state index contributed by atoms with van der Waals surface area (Å²) >= 11 is 3.84. The van der Waals surface area contributed by atoms with Gasteiger partial charge in [0.2, 0.25) is 0 Å².